The number of aliphatic hydroxyl groups is 1. The van der Waals surface area contributed by atoms with Crippen LogP contribution in [0.2, 0.25) is 0 Å². The molecule has 0 aromatic heterocycles. The van der Waals surface area contributed by atoms with E-state index in [0.29, 0.717) is 18.5 Å². The van der Waals surface area contributed by atoms with Crippen molar-refractivity contribution in [2.45, 2.75) is 30.2 Å². The summed E-state index contributed by atoms with van der Waals surface area (Å²) in [5.74, 6) is -0.131. The van der Waals surface area contributed by atoms with Crippen molar-refractivity contribution in [3.05, 3.63) is 29.8 Å². The lowest BCUT2D eigenvalue weighted by Crippen LogP contribution is -2.29. The Balaban J connectivity index is 2.55. The summed E-state index contributed by atoms with van der Waals surface area (Å²) in [5.41, 5.74) is -4.01. The van der Waals surface area contributed by atoms with E-state index < -0.39 is 5.51 Å². The van der Waals surface area contributed by atoms with Gasteiger partial charge in [-0.05, 0) is 48.4 Å². The molecule has 0 fully saturated rings. The number of hydrogen-bond donors (Lipinski definition) is 2. The quantitative estimate of drug-likeness (QED) is 0.756. The molecule has 0 saturated carbocycles. The molecule has 0 bridgehead atoms. The lowest BCUT2D eigenvalue weighted by atomic mass is 10.0. The fourth-order valence-electron chi connectivity index (χ4n) is 1.78. The van der Waals surface area contributed by atoms with Gasteiger partial charge in [0.15, 0.2) is 0 Å². The normalized spacial score (nSPS) is 13.0. The Morgan fingerprint density at radius 1 is 1.33 bits per heavy atom. The van der Waals surface area contributed by atoms with Crippen LogP contribution in [-0.4, -0.2) is 29.7 Å². The van der Waals surface area contributed by atoms with E-state index in [1.54, 1.807) is 0 Å². The first-order valence-corrected chi connectivity index (χ1v) is 7.42. The number of amides is 1. The van der Waals surface area contributed by atoms with Crippen LogP contribution in [0.25, 0.3) is 0 Å². The third kappa shape index (κ3) is 6.86. The molecule has 7 heteroatoms. The first kappa shape index (κ1) is 17.8. The molecule has 0 aliphatic rings. The van der Waals surface area contributed by atoms with Gasteiger partial charge < -0.3 is 10.4 Å². The van der Waals surface area contributed by atoms with Crippen LogP contribution < -0.4 is 5.32 Å². The highest BCUT2D eigenvalue weighted by molar-refractivity contribution is 8.00. The molecule has 118 valence electrons. The summed E-state index contributed by atoms with van der Waals surface area (Å²) in [7, 11) is 0. The van der Waals surface area contributed by atoms with E-state index in [1.165, 1.54) is 24.3 Å². The van der Waals surface area contributed by atoms with Crippen molar-refractivity contribution in [2.75, 3.05) is 13.2 Å². The maximum Gasteiger partial charge on any atom is 0.446 e. The Hall–Kier alpha value is -1.21. The van der Waals surface area contributed by atoms with Gasteiger partial charge >= 0.3 is 5.51 Å². The van der Waals surface area contributed by atoms with Crippen molar-refractivity contribution in [2.24, 2.45) is 5.92 Å². The number of nitrogens with one attached hydrogen (secondary N) is 1. The summed E-state index contributed by atoms with van der Waals surface area (Å²) >= 11 is -0.210. The van der Waals surface area contributed by atoms with Gasteiger partial charge in [0.25, 0.3) is 5.91 Å². The predicted octanol–water partition coefficient (Wildman–Crippen LogP) is 3.44. The molecule has 0 heterocycles. The molecular formula is C14H18F3NO2S. The molecule has 1 aromatic rings. The van der Waals surface area contributed by atoms with E-state index in [4.69, 9.17) is 5.11 Å². The second-order valence-corrected chi connectivity index (χ2v) is 5.71. The zero-order valence-electron chi connectivity index (χ0n) is 11.6. The van der Waals surface area contributed by atoms with Crippen LogP contribution in [0.3, 0.4) is 0 Å². The molecule has 2 N–H and O–H groups in total. The highest BCUT2D eigenvalue weighted by atomic mass is 32.2. The van der Waals surface area contributed by atoms with Gasteiger partial charge in [-0.2, -0.15) is 13.2 Å². The van der Waals surface area contributed by atoms with E-state index >= 15 is 0 Å². The zero-order chi connectivity index (χ0) is 15.9. The molecule has 1 atom stereocenters. The van der Waals surface area contributed by atoms with Crippen molar-refractivity contribution < 1.29 is 23.1 Å². The lowest BCUT2D eigenvalue weighted by Gasteiger charge is -2.14. The van der Waals surface area contributed by atoms with E-state index in [-0.39, 0.29) is 35.1 Å². The smallest absolute Gasteiger partial charge is 0.396 e. The standard InChI is InChI=1S/C14H18F3NO2S/c1-2-10(7-8-19)9-18-13(20)11-3-5-12(6-4-11)21-14(15,16)17/h3-6,10,19H,2,7-9H2,1H3,(H,18,20). The maximum atomic E-state index is 12.2. The van der Waals surface area contributed by atoms with E-state index in [1.807, 2.05) is 6.92 Å². The summed E-state index contributed by atoms with van der Waals surface area (Å²) in [6.45, 7) is 2.47. The predicted molar refractivity (Wildman–Crippen MR) is 76.2 cm³/mol. The minimum atomic E-state index is -4.33. The summed E-state index contributed by atoms with van der Waals surface area (Å²) < 4.78 is 36.6. The fourth-order valence-corrected chi connectivity index (χ4v) is 2.32. The van der Waals surface area contributed by atoms with Crippen molar-refractivity contribution in [3.63, 3.8) is 0 Å². The van der Waals surface area contributed by atoms with Crippen LogP contribution in [0.4, 0.5) is 13.2 Å². The molecule has 1 amide bonds. The van der Waals surface area contributed by atoms with Crippen LogP contribution in [-0.2, 0) is 0 Å². The number of rotatable bonds is 7. The van der Waals surface area contributed by atoms with Gasteiger partial charge in [0, 0.05) is 23.6 Å². The highest BCUT2D eigenvalue weighted by Crippen LogP contribution is 2.36. The number of hydrogen-bond acceptors (Lipinski definition) is 3. The number of benzene rings is 1. The molecule has 0 aliphatic carbocycles. The first-order chi connectivity index (χ1) is 9.85. The Morgan fingerprint density at radius 2 is 1.95 bits per heavy atom. The molecule has 0 radical (unpaired) electrons. The summed E-state index contributed by atoms with van der Waals surface area (Å²) in [5, 5.41) is 11.6. The Morgan fingerprint density at radius 3 is 2.43 bits per heavy atom. The minimum absolute atomic E-state index is 0.0470. The average molecular weight is 321 g/mol. The van der Waals surface area contributed by atoms with E-state index in [9.17, 15) is 18.0 Å². The molecule has 1 unspecified atom stereocenters. The van der Waals surface area contributed by atoms with Crippen molar-refractivity contribution in [1.29, 1.82) is 0 Å². The van der Waals surface area contributed by atoms with Gasteiger partial charge in [-0.15, -0.1) is 0 Å². The van der Waals surface area contributed by atoms with Crippen molar-refractivity contribution in [3.8, 4) is 0 Å². The summed E-state index contributed by atoms with van der Waals surface area (Å²) in [6, 6.07) is 5.29. The number of halogens is 3. The lowest BCUT2D eigenvalue weighted by molar-refractivity contribution is -0.0328. The monoisotopic (exact) mass is 321 g/mol. The third-order valence-electron chi connectivity index (χ3n) is 3.02. The van der Waals surface area contributed by atoms with E-state index in [2.05, 4.69) is 5.32 Å². The largest absolute Gasteiger partial charge is 0.446 e. The first-order valence-electron chi connectivity index (χ1n) is 6.60. The molecular weight excluding hydrogens is 303 g/mol. The Bertz CT molecular complexity index is 449. The second kappa shape index (κ2) is 8.29. The van der Waals surface area contributed by atoms with Gasteiger partial charge in [0.05, 0.1) is 0 Å². The maximum absolute atomic E-state index is 12.2. The average Bonchev–Trinajstić information content (AvgIpc) is 2.42. The number of carbonyl (C=O) groups is 1. The van der Waals surface area contributed by atoms with Crippen LogP contribution in [0.5, 0.6) is 0 Å². The Labute approximate surface area is 125 Å². The summed E-state index contributed by atoms with van der Waals surface area (Å²) in [4.78, 5) is 11.9. The number of alkyl halides is 3. The molecule has 0 aliphatic heterocycles. The molecule has 0 spiro atoms. The van der Waals surface area contributed by atoms with Crippen molar-refractivity contribution in [1.82, 2.24) is 5.32 Å². The van der Waals surface area contributed by atoms with Crippen LogP contribution >= 0.6 is 11.8 Å². The van der Waals surface area contributed by atoms with E-state index in [0.717, 1.165) is 6.42 Å². The van der Waals surface area contributed by atoms with Gasteiger partial charge in [-0.3, -0.25) is 4.79 Å². The highest BCUT2D eigenvalue weighted by Gasteiger charge is 2.29. The SMILES string of the molecule is CCC(CCO)CNC(=O)c1ccc(SC(F)(F)F)cc1. The number of thioether (sulfide) groups is 1. The minimum Gasteiger partial charge on any atom is -0.396 e. The molecule has 3 nitrogen and oxygen atoms in total. The van der Waals surface area contributed by atoms with Crippen LogP contribution in [0, 0.1) is 5.92 Å². The molecule has 1 aromatic carbocycles. The summed E-state index contributed by atoms with van der Waals surface area (Å²) in [6.07, 6.45) is 1.44. The van der Waals surface area contributed by atoms with Gasteiger partial charge in [0.2, 0.25) is 0 Å². The van der Waals surface area contributed by atoms with Gasteiger partial charge in [-0.25, -0.2) is 0 Å². The van der Waals surface area contributed by atoms with Crippen LogP contribution in [0.15, 0.2) is 29.2 Å². The molecule has 21 heavy (non-hydrogen) atoms. The number of carbonyl (C=O) groups excluding carboxylic acids is 1. The molecule has 1 rings (SSSR count). The molecule has 0 saturated heterocycles. The second-order valence-electron chi connectivity index (χ2n) is 4.57. The zero-order valence-corrected chi connectivity index (χ0v) is 12.4. The topological polar surface area (TPSA) is 49.3 Å². The van der Waals surface area contributed by atoms with Crippen molar-refractivity contribution >= 4 is 17.7 Å². The third-order valence-corrected chi connectivity index (χ3v) is 3.76. The van der Waals surface area contributed by atoms with Gasteiger partial charge in [0.1, 0.15) is 0 Å². The fraction of sp³-hybridized carbons (Fsp3) is 0.500. The Kier molecular flexibility index (Phi) is 7.04. The number of aliphatic hydroxyl groups excluding tert-OH is 1. The van der Waals surface area contributed by atoms with Crippen LogP contribution in [0.1, 0.15) is 30.1 Å². The van der Waals surface area contributed by atoms with Gasteiger partial charge in [-0.1, -0.05) is 13.3 Å².